The number of fused-ring (bicyclic) bond motifs is 1. The van der Waals surface area contributed by atoms with Crippen LogP contribution in [0.1, 0.15) is 41.1 Å². The van der Waals surface area contributed by atoms with Gasteiger partial charge in [0.25, 0.3) is 11.8 Å². The van der Waals surface area contributed by atoms with Gasteiger partial charge in [-0.05, 0) is 49.9 Å². The van der Waals surface area contributed by atoms with Gasteiger partial charge < -0.3 is 10.6 Å². The molecule has 2 N–H and O–H groups in total. The maximum atomic E-state index is 12.3. The van der Waals surface area contributed by atoms with Crippen molar-refractivity contribution >= 4 is 22.6 Å². The Morgan fingerprint density at radius 2 is 2.00 bits per heavy atom. The Morgan fingerprint density at radius 3 is 2.78 bits per heavy atom. The maximum Gasteiger partial charge on any atom is 0.271 e. The van der Waals surface area contributed by atoms with E-state index in [0.29, 0.717) is 24.2 Å². The molecule has 7 heteroatoms. The lowest BCUT2D eigenvalue weighted by atomic mass is 10.1. The fourth-order valence-electron chi connectivity index (χ4n) is 2.76. The van der Waals surface area contributed by atoms with Gasteiger partial charge in [0.05, 0.1) is 0 Å². The summed E-state index contributed by atoms with van der Waals surface area (Å²) in [5.74, 6) is -0.335. The van der Waals surface area contributed by atoms with Gasteiger partial charge in [-0.1, -0.05) is 6.07 Å². The number of hydrogen-bond acceptors (Lipinski definition) is 4. The highest BCUT2D eigenvalue weighted by molar-refractivity contribution is 5.98. The Balaban J connectivity index is 1.47. The molecule has 0 aliphatic heterocycles. The lowest BCUT2D eigenvalue weighted by molar-refractivity contribution is 0.0931. The number of amides is 2. The van der Waals surface area contributed by atoms with Crippen molar-refractivity contribution in [2.45, 2.75) is 32.9 Å². The number of benzene rings is 1. The summed E-state index contributed by atoms with van der Waals surface area (Å²) in [5.41, 5.74) is 1.01. The van der Waals surface area contributed by atoms with Gasteiger partial charge in [-0.3, -0.25) is 19.3 Å². The quantitative estimate of drug-likeness (QED) is 0.673. The van der Waals surface area contributed by atoms with Crippen LogP contribution in [0, 0.1) is 0 Å². The summed E-state index contributed by atoms with van der Waals surface area (Å²) in [6.45, 7) is 5.06. The molecule has 3 aromatic rings. The number of aromatic nitrogens is 3. The molecule has 2 aromatic heterocycles. The minimum absolute atomic E-state index is 0.0766. The third-order valence-electron chi connectivity index (χ3n) is 4.34. The summed E-state index contributed by atoms with van der Waals surface area (Å²) in [6.07, 6.45) is 5.88. The predicted octanol–water partition coefficient (Wildman–Crippen LogP) is 2.39. The summed E-state index contributed by atoms with van der Waals surface area (Å²) in [7, 11) is 0. The zero-order valence-corrected chi connectivity index (χ0v) is 15.5. The number of carbonyl (C=O) groups excluding carboxylic acids is 2. The normalized spacial score (nSPS) is 11.9. The Bertz CT molecular complexity index is 950. The van der Waals surface area contributed by atoms with Crippen molar-refractivity contribution in [3.05, 3.63) is 60.2 Å². The first-order chi connectivity index (χ1) is 13.1. The van der Waals surface area contributed by atoms with E-state index in [0.717, 1.165) is 17.3 Å². The van der Waals surface area contributed by atoms with Crippen LogP contribution in [-0.4, -0.2) is 39.2 Å². The molecule has 7 nitrogen and oxygen atoms in total. The summed E-state index contributed by atoms with van der Waals surface area (Å²) in [5, 5.41) is 12.0. The molecule has 1 aromatic carbocycles. The second kappa shape index (κ2) is 8.44. The highest BCUT2D eigenvalue weighted by atomic mass is 16.2. The lowest BCUT2D eigenvalue weighted by Gasteiger charge is -2.13. The Morgan fingerprint density at radius 1 is 1.15 bits per heavy atom. The van der Waals surface area contributed by atoms with Crippen molar-refractivity contribution in [1.82, 2.24) is 25.4 Å². The third kappa shape index (κ3) is 4.69. The van der Waals surface area contributed by atoms with Crippen LogP contribution in [0.15, 0.2) is 48.9 Å². The van der Waals surface area contributed by atoms with Gasteiger partial charge in [0.15, 0.2) is 0 Å². The number of pyridine rings is 1. The minimum Gasteiger partial charge on any atom is -0.352 e. The highest BCUT2D eigenvalue weighted by Crippen LogP contribution is 2.14. The SMILES string of the molecule is CCn1ccc(C(=O)N[C@@H](C)CCNC(=O)c2ccc3cnccc3c2)n1. The molecule has 1 atom stereocenters. The van der Waals surface area contributed by atoms with Crippen molar-refractivity contribution in [2.75, 3.05) is 6.54 Å². The zero-order valence-electron chi connectivity index (χ0n) is 15.5. The van der Waals surface area contributed by atoms with Crippen LogP contribution >= 0.6 is 0 Å². The largest absolute Gasteiger partial charge is 0.352 e. The monoisotopic (exact) mass is 365 g/mol. The highest BCUT2D eigenvalue weighted by Gasteiger charge is 2.13. The molecule has 0 unspecified atom stereocenters. The Kier molecular flexibility index (Phi) is 5.80. The van der Waals surface area contributed by atoms with Crippen molar-refractivity contribution in [3.63, 3.8) is 0 Å². The number of aryl methyl sites for hydroxylation is 1. The molecule has 0 bridgehead atoms. The molecule has 0 aliphatic carbocycles. The van der Waals surface area contributed by atoms with Crippen molar-refractivity contribution in [3.8, 4) is 0 Å². The molecular weight excluding hydrogens is 342 g/mol. The summed E-state index contributed by atoms with van der Waals surface area (Å²) < 4.78 is 1.71. The van der Waals surface area contributed by atoms with Crippen molar-refractivity contribution in [1.29, 1.82) is 0 Å². The first kappa shape index (κ1) is 18.6. The molecule has 140 valence electrons. The number of rotatable bonds is 7. The molecule has 2 amide bonds. The first-order valence-electron chi connectivity index (χ1n) is 9.03. The minimum atomic E-state index is -0.204. The third-order valence-corrected chi connectivity index (χ3v) is 4.34. The van der Waals surface area contributed by atoms with Crippen LogP contribution in [0.4, 0.5) is 0 Å². The van der Waals surface area contributed by atoms with E-state index in [1.807, 2.05) is 32.0 Å². The second-order valence-corrected chi connectivity index (χ2v) is 6.41. The number of carbonyl (C=O) groups is 2. The topological polar surface area (TPSA) is 88.9 Å². The molecule has 0 saturated carbocycles. The molecule has 2 heterocycles. The number of nitrogens with one attached hydrogen (secondary N) is 2. The molecular formula is C20H23N5O2. The zero-order chi connectivity index (χ0) is 19.2. The average molecular weight is 365 g/mol. The van der Waals surface area contributed by atoms with Gasteiger partial charge in [0.2, 0.25) is 0 Å². The van der Waals surface area contributed by atoms with E-state index in [9.17, 15) is 9.59 Å². The second-order valence-electron chi connectivity index (χ2n) is 6.41. The summed E-state index contributed by atoms with van der Waals surface area (Å²) >= 11 is 0. The lowest BCUT2D eigenvalue weighted by Crippen LogP contribution is -2.36. The van der Waals surface area contributed by atoms with Crippen molar-refractivity contribution < 1.29 is 9.59 Å². The molecule has 0 radical (unpaired) electrons. The van der Waals surface area contributed by atoms with E-state index in [-0.39, 0.29) is 17.9 Å². The average Bonchev–Trinajstić information content (AvgIpc) is 3.17. The number of nitrogens with zero attached hydrogens (tertiary/aromatic N) is 3. The molecule has 27 heavy (non-hydrogen) atoms. The van der Waals surface area contributed by atoms with E-state index in [1.54, 1.807) is 35.4 Å². The smallest absolute Gasteiger partial charge is 0.271 e. The van der Waals surface area contributed by atoms with Gasteiger partial charge >= 0.3 is 0 Å². The number of hydrogen-bond donors (Lipinski definition) is 2. The Hall–Kier alpha value is -3.22. The van der Waals surface area contributed by atoms with E-state index < -0.39 is 0 Å². The fourth-order valence-corrected chi connectivity index (χ4v) is 2.76. The maximum absolute atomic E-state index is 12.3. The molecule has 0 aliphatic rings. The van der Waals surface area contributed by atoms with Crippen molar-refractivity contribution in [2.24, 2.45) is 0 Å². The van der Waals surface area contributed by atoms with Gasteiger partial charge in [-0.2, -0.15) is 5.10 Å². The summed E-state index contributed by atoms with van der Waals surface area (Å²) in [6, 6.07) is 9.02. The summed E-state index contributed by atoms with van der Waals surface area (Å²) in [4.78, 5) is 28.5. The van der Waals surface area contributed by atoms with Crippen LogP contribution < -0.4 is 10.6 Å². The van der Waals surface area contributed by atoms with Gasteiger partial charge in [-0.15, -0.1) is 0 Å². The fraction of sp³-hybridized carbons (Fsp3) is 0.300. The van der Waals surface area contributed by atoms with E-state index >= 15 is 0 Å². The predicted molar refractivity (Wildman–Crippen MR) is 104 cm³/mol. The standard InChI is InChI=1S/C20H23N5O2/c1-3-25-11-8-18(24-25)20(27)23-14(2)6-10-22-19(26)16-4-5-17-13-21-9-7-15(17)12-16/h4-5,7-9,11-14H,3,6,10H2,1-2H3,(H,22,26)(H,23,27)/t14-/m0/s1. The van der Waals surface area contributed by atoms with Crippen LogP contribution in [0.3, 0.4) is 0 Å². The van der Waals surface area contributed by atoms with Crippen LogP contribution in [0.25, 0.3) is 10.8 Å². The molecule has 0 saturated heterocycles. The van der Waals surface area contributed by atoms with Crippen LogP contribution in [-0.2, 0) is 6.54 Å². The van der Waals surface area contributed by atoms with E-state index in [1.165, 1.54) is 0 Å². The van der Waals surface area contributed by atoms with Gasteiger partial charge in [-0.25, -0.2) is 0 Å². The van der Waals surface area contributed by atoms with Gasteiger partial charge in [0, 0.05) is 48.7 Å². The van der Waals surface area contributed by atoms with Gasteiger partial charge in [0.1, 0.15) is 5.69 Å². The molecule has 3 rings (SSSR count). The van der Waals surface area contributed by atoms with Crippen LogP contribution in [0.2, 0.25) is 0 Å². The first-order valence-corrected chi connectivity index (χ1v) is 9.03. The van der Waals surface area contributed by atoms with E-state index in [2.05, 4.69) is 20.7 Å². The van der Waals surface area contributed by atoms with E-state index in [4.69, 9.17) is 0 Å². The van der Waals surface area contributed by atoms with Crippen LogP contribution in [0.5, 0.6) is 0 Å². The Labute approximate surface area is 157 Å². The molecule has 0 fully saturated rings. The molecule has 0 spiro atoms.